The Morgan fingerprint density at radius 3 is 2.87 bits per heavy atom. The first-order valence-electron chi connectivity index (χ1n) is 9.43. The zero-order chi connectivity index (χ0) is 16.0. The van der Waals surface area contributed by atoms with Crippen LogP contribution in [0.5, 0.6) is 0 Å². The fourth-order valence-electron chi connectivity index (χ4n) is 7.48. The number of aliphatic hydroxyl groups is 1. The average molecular weight is 383 g/mol. The maximum atomic E-state index is 12.5. The molecule has 2 bridgehead atoms. The summed E-state index contributed by atoms with van der Waals surface area (Å²) in [5.74, 6) is 2.39. The molecule has 0 amide bonds. The highest BCUT2D eigenvalue weighted by atomic mass is 79.9. The lowest BCUT2D eigenvalue weighted by molar-refractivity contribution is -0.136. The van der Waals surface area contributed by atoms with Gasteiger partial charge in [0.05, 0.1) is 23.1 Å². The molecule has 1 N–H and O–H groups in total. The molecule has 5 rings (SSSR count). The third-order valence-electron chi connectivity index (χ3n) is 8.68. The summed E-state index contributed by atoms with van der Waals surface area (Å²) in [7, 11) is 0. The van der Waals surface area contributed by atoms with Crippen molar-refractivity contribution in [1.82, 2.24) is 0 Å². The maximum Gasteiger partial charge on any atom is 0.139 e. The first-order valence-corrected chi connectivity index (χ1v) is 10.2. The van der Waals surface area contributed by atoms with E-state index in [1.54, 1.807) is 0 Å². The molecule has 1 aliphatic heterocycles. The SMILES string of the molecule is C[C@]12CCC3C(C[C@@H]4OC[C@@]35CCC(O)C[C@]45Br)C1CCC2=O. The number of carbonyl (C=O) groups is 1. The second-order valence-corrected chi connectivity index (χ2v) is 10.7. The van der Waals surface area contributed by atoms with Crippen LogP contribution in [0.4, 0.5) is 0 Å². The van der Waals surface area contributed by atoms with Crippen LogP contribution in [-0.4, -0.2) is 34.0 Å². The summed E-state index contributed by atoms with van der Waals surface area (Å²) in [6.45, 7) is 3.10. The summed E-state index contributed by atoms with van der Waals surface area (Å²) in [5.41, 5.74) is 0.129. The quantitative estimate of drug-likeness (QED) is 0.652. The van der Waals surface area contributed by atoms with Crippen LogP contribution in [0, 0.1) is 28.6 Å². The Morgan fingerprint density at radius 1 is 1.22 bits per heavy atom. The van der Waals surface area contributed by atoms with Gasteiger partial charge in [0, 0.05) is 17.3 Å². The van der Waals surface area contributed by atoms with E-state index < -0.39 is 0 Å². The Balaban J connectivity index is 1.56. The van der Waals surface area contributed by atoms with Crippen molar-refractivity contribution >= 4 is 21.7 Å². The normalized spacial score (nSPS) is 61.0. The minimum atomic E-state index is -0.190. The molecule has 4 saturated carbocycles. The molecule has 4 aliphatic carbocycles. The van der Waals surface area contributed by atoms with E-state index in [1.807, 2.05) is 0 Å². The van der Waals surface area contributed by atoms with Crippen molar-refractivity contribution in [2.24, 2.45) is 28.6 Å². The largest absolute Gasteiger partial charge is 0.393 e. The summed E-state index contributed by atoms with van der Waals surface area (Å²) in [4.78, 5) is 12.5. The molecule has 4 heteroatoms. The van der Waals surface area contributed by atoms with Crippen molar-refractivity contribution < 1.29 is 14.6 Å². The Morgan fingerprint density at radius 2 is 2.04 bits per heavy atom. The minimum absolute atomic E-state index is 0.0326. The van der Waals surface area contributed by atoms with Crippen molar-refractivity contribution in [2.75, 3.05) is 6.61 Å². The molecule has 128 valence electrons. The molecule has 5 aliphatic rings. The summed E-state index contributed by atoms with van der Waals surface area (Å²) in [6.07, 6.45) is 8.06. The third kappa shape index (κ3) is 1.67. The summed E-state index contributed by atoms with van der Waals surface area (Å²) < 4.78 is 6.29. The number of ether oxygens (including phenoxy) is 1. The number of carbonyl (C=O) groups excluding carboxylic acids is 1. The van der Waals surface area contributed by atoms with Gasteiger partial charge in [-0.1, -0.05) is 22.9 Å². The average Bonchev–Trinajstić information content (AvgIpc) is 2.88. The molecule has 5 fully saturated rings. The van der Waals surface area contributed by atoms with Gasteiger partial charge in [0.25, 0.3) is 0 Å². The van der Waals surface area contributed by atoms with Crippen molar-refractivity contribution in [3.05, 3.63) is 0 Å². The highest BCUT2D eigenvalue weighted by Gasteiger charge is 2.72. The summed E-state index contributed by atoms with van der Waals surface area (Å²) >= 11 is 4.11. The molecule has 0 radical (unpaired) electrons. The number of hydrogen-bond acceptors (Lipinski definition) is 3. The number of ketones is 1. The molecule has 3 nitrogen and oxygen atoms in total. The predicted molar refractivity (Wildman–Crippen MR) is 90.4 cm³/mol. The van der Waals surface area contributed by atoms with E-state index in [4.69, 9.17) is 4.74 Å². The van der Waals surface area contributed by atoms with Gasteiger partial charge in [0.1, 0.15) is 5.78 Å². The highest BCUT2D eigenvalue weighted by Crippen LogP contribution is 2.71. The molecule has 0 spiro atoms. The van der Waals surface area contributed by atoms with Gasteiger partial charge in [-0.25, -0.2) is 0 Å². The topological polar surface area (TPSA) is 46.5 Å². The highest BCUT2D eigenvalue weighted by molar-refractivity contribution is 9.10. The first kappa shape index (κ1) is 15.3. The minimum Gasteiger partial charge on any atom is -0.393 e. The number of alkyl halides is 1. The second-order valence-electron chi connectivity index (χ2n) is 9.25. The Kier molecular flexibility index (Phi) is 3.08. The number of halogens is 1. The summed E-state index contributed by atoms with van der Waals surface area (Å²) in [5, 5.41) is 10.3. The van der Waals surface area contributed by atoms with E-state index in [0.717, 1.165) is 51.6 Å². The monoisotopic (exact) mass is 382 g/mol. The van der Waals surface area contributed by atoms with Crippen LogP contribution in [-0.2, 0) is 9.53 Å². The van der Waals surface area contributed by atoms with Crippen LogP contribution in [0.25, 0.3) is 0 Å². The van der Waals surface area contributed by atoms with Gasteiger partial charge in [-0.15, -0.1) is 0 Å². The maximum absolute atomic E-state index is 12.5. The molecular weight excluding hydrogens is 356 g/mol. The molecule has 4 unspecified atom stereocenters. The third-order valence-corrected chi connectivity index (χ3v) is 10.3. The Hall–Kier alpha value is 0.0700. The number of Topliss-reactive ketones (excluding diaryl/α,β-unsaturated/α-hetero) is 1. The Labute approximate surface area is 146 Å². The van der Waals surface area contributed by atoms with Crippen LogP contribution in [0.2, 0.25) is 0 Å². The van der Waals surface area contributed by atoms with Gasteiger partial charge in [0.2, 0.25) is 0 Å². The summed E-state index contributed by atoms with van der Waals surface area (Å²) in [6, 6.07) is 0. The zero-order valence-electron chi connectivity index (χ0n) is 13.9. The van der Waals surface area contributed by atoms with Gasteiger partial charge in [0.15, 0.2) is 0 Å². The molecule has 1 heterocycles. The van der Waals surface area contributed by atoms with Crippen LogP contribution >= 0.6 is 15.9 Å². The lowest BCUT2D eigenvalue weighted by Gasteiger charge is -2.61. The van der Waals surface area contributed by atoms with E-state index in [1.165, 1.54) is 6.42 Å². The molecule has 0 aromatic carbocycles. The van der Waals surface area contributed by atoms with Crippen LogP contribution in [0.3, 0.4) is 0 Å². The fraction of sp³-hybridized carbons (Fsp3) is 0.947. The van der Waals surface area contributed by atoms with Crippen LogP contribution in [0.1, 0.15) is 58.3 Å². The van der Waals surface area contributed by atoms with Crippen LogP contribution < -0.4 is 0 Å². The number of fused-ring (bicyclic) bond motifs is 3. The first-order chi connectivity index (χ1) is 10.9. The standard InChI is InChI=1S/C19H27BrO3/c1-17-6-5-14-12(13(17)2-3-15(17)22)8-16-19(20)9-11(21)4-7-18(14,19)10-23-16/h11-14,16,21H,2-10H2,1H3/t11?,12?,13?,14?,16-,17-,18-,19-/m0/s1. The van der Waals surface area contributed by atoms with E-state index in [0.29, 0.717) is 23.5 Å². The lowest BCUT2D eigenvalue weighted by atomic mass is 9.45. The number of aliphatic hydroxyl groups excluding tert-OH is 1. The van der Waals surface area contributed by atoms with Crippen molar-refractivity contribution in [2.45, 2.75) is 74.8 Å². The van der Waals surface area contributed by atoms with Crippen LogP contribution in [0.15, 0.2) is 0 Å². The van der Waals surface area contributed by atoms with E-state index in [9.17, 15) is 9.90 Å². The van der Waals surface area contributed by atoms with Gasteiger partial charge in [-0.2, -0.15) is 0 Å². The van der Waals surface area contributed by atoms with Gasteiger partial charge < -0.3 is 9.84 Å². The van der Waals surface area contributed by atoms with Gasteiger partial charge in [-0.05, 0) is 62.7 Å². The molecule has 8 atom stereocenters. The molecule has 0 aromatic heterocycles. The Bertz CT molecular complexity index is 565. The predicted octanol–water partition coefficient (Wildman–Crippen LogP) is 3.47. The number of rotatable bonds is 0. The van der Waals surface area contributed by atoms with Gasteiger partial charge >= 0.3 is 0 Å². The molecule has 0 aromatic rings. The van der Waals surface area contributed by atoms with Crippen molar-refractivity contribution in [3.8, 4) is 0 Å². The van der Waals surface area contributed by atoms with E-state index >= 15 is 0 Å². The van der Waals surface area contributed by atoms with Crippen molar-refractivity contribution in [1.29, 1.82) is 0 Å². The lowest BCUT2D eigenvalue weighted by Crippen LogP contribution is -2.63. The van der Waals surface area contributed by atoms with E-state index in [-0.39, 0.29) is 27.4 Å². The molecular formula is C19H27BrO3. The smallest absolute Gasteiger partial charge is 0.139 e. The van der Waals surface area contributed by atoms with Crippen molar-refractivity contribution in [3.63, 3.8) is 0 Å². The molecule has 23 heavy (non-hydrogen) atoms. The fourth-order valence-corrected chi connectivity index (χ4v) is 8.78. The van der Waals surface area contributed by atoms with E-state index in [2.05, 4.69) is 22.9 Å². The zero-order valence-corrected chi connectivity index (χ0v) is 15.5. The number of hydrogen-bond donors (Lipinski definition) is 1. The van der Waals surface area contributed by atoms with Gasteiger partial charge in [-0.3, -0.25) is 4.79 Å². The second kappa shape index (κ2) is 4.62. The molecule has 1 saturated heterocycles.